The molecule has 4 rings (SSSR count). The van der Waals surface area contributed by atoms with Crippen molar-refractivity contribution in [2.45, 2.75) is 12.7 Å². The Labute approximate surface area is 182 Å². The van der Waals surface area contributed by atoms with Gasteiger partial charge in [0.1, 0.15) is 17.3 Å². The molecule has 2 amide bonds. The summed E-state index contributed by atoms with van der Waals surface area (Å²) in [6.07, 6.45) is -2.85. The number of piperazine rings is 1. The van der Waals surface area contributed by atoms with Gasteiger partial charge in [0.15, 0.2) is 0 Å². The number of amides is 2. The molecular formula is C22H22F3N5O2. The Morgan fingerprint density at radius 2 is 1.75 bits per heavy atom. The maximum absolute atomic E-state index is 12.9. The number of H-pyrrole nitrogens is 1. The van der Waals surface area contributed by atoms with Crippen LogP contribution in [0, 0.1) is 0 Å². The van der Waals surface area contributed by atoms with Gasteiger partial charge < -0.3 is 9.64 Å². The molecule has 0 spiro atoms. The second-order valence-electron chi connectivity index (χ2n) is 7.44. The van der Waals surface area contributed by atoms with E-state index in [1.165, 1.54) is 12.1 Å². The Balaban J connectivity index is 1.31. The molecule has 3 aromatic rings. The van der Waals surface area contributed by atoms with Crippen molar-refractivity contribution in [1.82, 2.24) is 20.0 Å². The smallest absolute Gasteiger partial charge is 0.416 e. The van der Waals surface area contributed by atoms with Crippen LogP contribution in [0.2, 0.25) is 0 Å². The molecule has 1 fully saturated rings. The predicted octanol–water partition coefficient (Wildman–Crippen LogP) is 4.57. The third-order valence-corrected chi connectivity index (χ3v) is 5.10. The van der Waals surface area contributed by atoms with Gasteiger partial charge in [0.25, 0.3) is 0 Å². The normalized spacial score (nSPS) is 14.9. The van der Waals surface area contributed by atoms with Gasteiger partial charge in [-0.25, -0.2) is 4.79 Å². The van der Waals surface area contributed by atoms with Crippen molar-refractivity contribution in [3.05, 3.63) is 71.9 Å². The number of hydrogen-bond acceptors (Lipinski definition) is 4. The van der Waals surface area contributed by atoms with E-state index >= 15 is 0 Å². The molecule has 0 bridgehead atoms. The summed E-state index contributed by atoms with van der Waals surface area (Å²) in [5.41, 5.74) is 0.227. The number of nitrogens with one attached hydrogen (secondary N) is 2. The molecule has 2 heterocycles. The van der Waals surface area contributed by atoms with Gasteiger partial charge in [0, 0.05) is 38.8 Å². The van der Waals surface area contributed by atoms with Gasteiger partial charge in [0.2, 0.25) is 0 Å². The molecule has 1 aliphatic heterocycles. The molecular weight excluding hydrogens is 423 g/mol. The van der Waals surface area contributed by atoms with E-state index < -0.39 is 11.7 Å². The number of aromatic amines is 1. The van der Waals surface area contributed by atoms with Crippen LogP contribution in [-0.4, -0.2) is 52.2 Å². The number of carbonyl (C=O) groups excluding carboxylic acids is 1. The number of rotatable bonds is 5. The summed E-state index contributed by atoms with van der Waals surface area (Å²) >= 11 is 0. The van der Waals surface area contributed by atoms with E-state index in [-0.39, 0.29) is 11.8 Å². The van der Waals surface area contributed by atoms with Crippen LogP contribution in [0.1, 0.15) is 11.1 Å². The molecule has 0 aliphatic carbocycles. The second kappa shape index (κ2) is 9.31. The maximum Gasteiger partial charge on any atom is 0.416 e. The number of ether oxygens (including phenoxy) is 1. The largest absolute Gasteiger partial charge is 0.457 e. The first kappa shape index (κ1) is 21.7. The van der Waals surface area contributed by atoms with E-state index in [0.717, 1.165) is 17.7 Å². The lowest BCUT2D eigenvalue weighted by molar-refractivity contribution is -0.137. The molecule has 0 atom stereocenters. The van der Waals surface area contributed by atoms with Crippen LogP contribution in [-0.2, 0) is 12.7 Å². The lowest BCUT2D eigenvalue weighted by atomic mass is 10.2. The van der Waals surface area contributed by atoms with Crippen LogP contribution in [0.4, 0.5) is 23.8 Å². The molecule has 2 aromatic carbocycles. The van der Waals surface area contributed by atoms with Crippen molar-refractivity contribution in [1.29, 1.82) is 0 Å². The molecule has 168 valence electrons. The van der Waals surface area contributed by atoms with Crippen LogP contribution in [0.3, 0.4) is 0 Å². The van der Waals surface area contributed by atoms with Gasteiger partial charge in [-0.1, -0.05) is 18.2 Å². The number of urea groups is 1. The SMILES string of the molecule is O=C(Nc1ccn[nH]1)N1CCN(Cc2cccc(Oc3cccc(C(F)(F)F)c3)c2)CC1. The number of halogens is 3. The molecule has 1 aliphatic rings. The highest BCUT2D eigenvalue weighted by Gasteiger charge is 2.30. The van der Waals surface area contributed by atoms with Crippen LogP contribution in [0.25, 0.3) is 0 Å². The summed E-state index contributed by atoms with van der Waals surface area (Å²) in [4.78, 5) is 16.2. The van der Waals surface area contributed by atoms with E-state index in [1.807, 2.05) is 18.2 Å². The summed E-state index contributed by atoms with van der Waals surface area (Å²) in [6, 6.07) is 13.6. The van der Waals surface area contributed by atoms with Crippen molar-refractivity contribution >= 4 is 11.8 Å². The summed E-state index contributed by atoms with van der Waals surface area (Å²) in [6.45, 7) is 3.22. The minimum absolute atomic E-state index is 0.133. The fraction of sp³-hybridized carbons (Fsp3) is 0.273. The average molecular weight is 445 g/mol. The Hall–Kier alpha value is -3.53. The van der Waals surface area contributed by atoms with Crippen molar-refractivity contribution in [3.63, 3.8) is 0 Å². The van der Waals surface area contributed by atoms with Gasteiger partial charge in [-0.2, -0.15) is 18.3 Å². The molecule has 10 heteroatoms. The summed E-state index contributed by atoms with van der Waals surface area (Å²) in [5.74, 6) is 1.16. The van der Waals surface area contributed by atoms with Crippen LogP contribution in [0.5, 0.6) is 11.5 Å². The van der Waals surface area contributed by atoms with Crippen molar-refractivity contribution < 1.29 is 22.7 Å². The number of alkyl halides is 3. The number of nitrogens with zero attached hydrogens (tertiary/aromatic N) is 3. The standard InChI is InChI=1S/C22H22F3N5O2/c23-22(24,25)17-4-2-6-19(14-17)32-18-5-1-3-16(13-18)15-29-9-11-30(12-10-29)21(31)27-20-7-8-26-28-20/h1-8,13-14H,9-12,15H2,(H2,26,27,28,31). The lowest BCUT2D eigenvalue weighted by Crippen LogP contribution is -2.49. The Morgan fingerprint density at radius 3 is 2.44 bits per heavy atom. The molecule has 0 radical (unpaired) electrons. The Morgan fingerprint density at radius 1 is 1.03 bits per heavy atom. The molecule has 0 unspecified atom stereocenters. The number of hydrogen-bond donors (Lipinski definition) is 2. The van der Waals surface area contributed by atoms with Gasteiger partial charge in [-0.15, -0.1) is 0 Å². The van der Waals surface area contributed by atoms with Crippen LogP contribution >= 0.6 is 0 Å². The first-order chi connectivity index (χ1) is 15.4. The average Bonchev–Trinajstić information content (AvgIpc) is 3.27. The minimum Gasteiger partial charge on any atom is -0.457 e. The van der Waals surface area contributed by atoms with E-state index in [1.54, 1.807) is 23.2 Å². The fourth-order valence-electron chi connectivity index (χ4n) is 3.47. The maximum atomic E-state index is 12.9. The summed E-state index contributed by atoms with van der Waals surface area (Å²) < 4.78 is 44.4. The second-order valence-corrected chi connectivity index (χ2v) is 7.44. The van der Waals surface area contributed by atoms with Crippen LogP contribution < -0.4 is 10.1 Å². The van der Waals surface area contributed by atoms with Gasteiger partial charge in [0.05, 0.1) is 11.8 Å². The molecule has 1 saturated heterocycles. The van der Waals surface area contributed by atoms with Crippen molar-refractivity contribution in [2.75, 3.05) is 31.5 Å². The number of aromatic nitrogens is 2. The number of anilines is 1. The first-order valence-electron chi connectivity index (χ1n) is 10.1. The topological polar surface area (TPSA) is 73.5 Å². The summed E-state index contributed by atoms with van der Waals surface area (Å²) in [7, 11) is 0. The highest BCUT2D eigenvalue weighted by Crippen LogP contribution is 2.32. The molecule has 2 N–H and O–H groups in total. The number of benzene rings is 2. The predicted molar refractivity (Wildman–Crippen MR) is 112 cm³/mol. The summed E-state index contributed by atoms with van der Waals surface area (Å²) in [5, 5.41) is 9.26. The van der Waals surface area contributed by atoms with E-state index in [0.29, 0.717) is 44.3 Å². The third-order valence-electron chi connectivity index (χ3n) is 5.10. The van der Waals surface area contributed by atoms with E-state index in [4.69, 9.17) is 4.74 Å². The number of carbonyl (C=O) groups is 1. The lowest BCUT2D eigenvalue weighted by Gasteiger charge is -2.34. The molecule has 7 nitrogen and oxygen atoms in total. The highest BCUT2D eigenvalue weighted by atomic mass is 19.4. The monoisotopic (exact) mass is 445 g/mol. The zero-order valence-electron chi connectivity index (χ0n) is 17.1. The highest BCUT2D eigenvalue weighted by molar-refractivity contribution is 5.88. The third kappa shape index (κ3) is 5.58. The minimum atomic E-state index is -4.42. The first-order valence-corrected chi connectivity index (χ1v) is 10.1. The van der Waals surface area contributed by atoms with Gasteiger partial charge in [-0.3, -0.25) is 15.3 Å². The van der Waals surface area contributed by atoms with E-state index in [9.17, 15) is 18.0 Å². The molecule has 0 saturated carbocycles. The zero-order valence-corrected chi connectivity index (χ0v) is 17.1. The van der Waals surface area contributed by atoms with Crippen LogP contribution in [0.15, 0.2) is 60.8 Å². The van der Waals surface area contributed by atoms with Gasteiger partial charge in [-0.05, 0) is 35.9 Å². The van der Waals surface area contributed by atoms with Gasteiger partial charge >= 0.3 is 12.2 Å². The quantitative estimate of drug-likeness (QED) is 0.604. The molecule has 32 heavy (non-hydrogen) atoms. The van der Waals surface area contributed by atoms with E-state index in [2.05, 4.69) is 20.4 Å². The Kier molecular flexibility index (Phi) is 6.31. The molecule has 1 aromatic heterocycles. The zero-order chi connectivity index (χ0) is 22.6. The van der Waals surface area contributed by atoms with Crippen molar-refractivity contribution in [3.8, 4) is 11.5 Å². The Bertz CT molecular complexity index is 1050. The fourth-order valence-corrected chi connectivity index (χ4v) is 3.47. The van der Waals surface area contributed by atoms with Crippen molar-refractivity contribution in [2.24, 2.45) is 0 Å².